The second-order valence-corrected chi connectivity index (χ2v) is 3.47. The zero-order valence-corrected chi connectivity index (χ0v) is 8.93. The van der Waals surface area contributed by atoms with E-state index in [0.717, 1.165) is 0 Å². The van der Waals surface area contributed by atoms with E-state index in [0.29, 0.717) is 6.61 Å². The molecule has 0 amide bonds. The molecule has 0 spiro atoms. The molecule has 1 atom stereocenters. The second kappa shape index (κ2) is 4.90. The third-order valence-electron chi connectivity index (χ3n) is 1.62. The van der Waals surface area contributed by atoms with Crippen LogP contribution in [0, 0.1) is 0 Å². The first-order valence-electron chi connectivity index (χ1n) is 4.18. The van der Waals surface area contributed by atoms with Crippen LogP contribution in [-0.4, -0.2) is 30.2 Å². The second-order valence-electron chi connectivity index (χ2n) is 2.55. The van der Waals surface area contributed by atoms with E-state index in [1.165, 1.54) is 11.8 Å². The van der Waals surface area contributed by atoms with Crippen LogP contribution in [0.25, 0.3) is 0 Å². The van der Waals surface area contributed by atoms with Crippen molar-refractivity contribution in [2.24, 2.45) is 10.7 Å². The average Bonchev–Trinajstić information content (AvgIpc) is 2.17. The number of thioether (sulfide) groups is 1. The molecule has 1 aliphatic heterocycles. The summed E-state index contributed by atoms with van der Waals surface area (Å²) in [4.78, 5) is 15.4. The molecule has 6 heteroatoms. The van der Waals surface area contributed by atoms with Crippen LogP contribution in [0.2, 0.25) is 0 Å². The van der Waals surface area contributed by atoms with E-state index in [1.807, 2.05) is 6.26 Å². The number of amidine groups is 1. The third-order valence-corrected chi connectivity index (χ3v) is 2.31. The molecule has 5 nitrogen and oxygen atoms in total. The maximum atomic E-state index is 11.3. The SMILES string of the molecule is CCOC(=O)C1=CNC(SC)N=C1N. The first-order valence-corrected chi connectivity index (χ1v) is 5.47. The van der Waals surface area contributed by atoms with E-state index in [9.17, 15) is 4.79 Å². The number of rotatable bonds is 3. The molecule has 0 saturated carbocycles. The summed E-state index contributed by atoms with van der Waals surface area (Å²) in [7, 11) is 0. The van der Waals surface area contributed by atoms with Gasteiger partial charge in [-0.1, -0.05) is 0 Å². The molecule has 0 bridgehead atoms. The highest BCUT2D eigenvalue weighted by Crippen LogP contribution is 2.11. The summed E-state index contributed by atoms with van der Waals surface area (Å²) in [5, 5.41) is 2.92. The van der Waals surface area contributed by atoms with Gasteiger partial charge in [0.15, 0.2) is 5.50 Å². The molecule has 1 rings (SSSR count). The minimum absolute atomic E-state index is 0.117. The molecule has 0 aromatic carbocycles. The number of carbonyl (C=O) groups excluding carboxylic acids is 1. The van der Waals surface area contributed by atoms with Crippen LogP contribution < -0.4 is 11.1 Å². The van der Waals surface area contributed by atoms with Crippen LogP contribution in [0.15, 0.2) is 16.8 Å². The number of esters is 1. The summed E-state index contributed by atoms with van der Waals surface area (Å²) in [6.45, 7) is 2.07. The van der Waals surface area contributed by atoms with Crippen molar-refractivity contribution in [3.63, 3.8) is 0 Å². The Morgan fingerprint density at radius 3 is 3.07 bits per heavy atom. The molecular formula is C8H13N3O2S. The van der Waals surface area contributed by atoms with Crippen molar-refractivity contribution in [3.8, 4) is 0 Å². The van der Waals surface area contributed by atoms with Gasteiger partial charge in [0, 0.05) is 6.20 Å². The summed E-state index contributed by atoms with van der Waals surface area (Å²) < 4.78 is 4.81. The molecular weight excluding hydrogens is 202 g/mol. The van der Waals surface area contributed by atoms with Crippen LogP contribution in [0.4, 0.5) is 0 Å². The van der Waals surface area contributed by atoms with Crippen LogP contribution >= 0.6 is 11.8 Å². The molecule has 78 valence electrons. The van der Waals surface area contributed by atoms with Gasteiger partial charge in [0.25, 0.3) is 0 Å². The number of hydrogen-bond donors (Lipinski definition) is 2. The van der Waals surface area contributed by atoms with Crippen molar-refractivity contribution < 1.29 is 9.53 Å². The fourth-order valence-electron chi connectivity index (χ4n) is 0.955. The predicted octanol–water partition coefficient (Wildman–Crippen LogP) is 0.0404. The van der Waals surface area contributed by atoms with E-state index in [-0.39, 0.29) is 16.9 Å². The lowest BCUT2D eigenvalue weighted by Gasteiger charge is -2.17. The molecule has 3 N–H and O–H groups in total. The Morgan fingerprint density at radius 2 is 2.57 bits per heavy atom. The molecule has 1 aliphatic rings. The van der Waals surface area contributed by atoms with Gasteiger partial charge in [-0.2, -0.15) is 0 Å². The molecule has 0 aliphatic carbocycles. The molecule has 0 aromatic rings. The standard InChI is InChI=1S/C8H13N3O2S/c1-3-13-7(12)5-4-10-8(14-2)11-6(5)9/h4,8,10H,3H2,1-2H3,(H2,9,11). The van der Waals surface area contributed by atoms with E-state index < -0.39 is 5.97 Å². The van der Waals surface area contributed by atoms with Crippen molar-refractivity contribution in [2.45, 2.75) is 12.4 Å². The highest BCUT2D eigenvalue weighted by atomic mass is 32.2. The number of nitrogens with zero attached hydrogens (tertiary/aromatic N) is 1. The summed E-state index contributed by atoms with van der Waals surface area (Å²) in [6, 6.07) is 0. The third kappa shape index (κ3) is 2.41. The largest absolute Gasteiger partial charge is 0.462 e. The smallest absolute Gasteiger partial charge is 0.343 e. The van der Waals surface area contributed by atoms with Crippen LogP contribution in [0.1, 0.15) is 6.92 Å². The molecule has 0 saturated heterocycles. The number of nitrogens with two attached hydrogens (primary N) is 1. The lowest BCUT2D eigenvalue weighted by Crippen LogP contribution is -2.34. The zero-order valence-electron chi connectivity index (χ0n) is 8.11. The first-order chi connectivity index (χ1) is 6.69. The van der Waals surface area contributed by atoms with Crippen LogP contribution in [0.3, 0.4) is 0 Å². The average molecular weight is 215 g/mol. The highest BCUT2D eigenvalue weighted by Gasteiger charge is 2.20. The molecule has 0 radical (unpaired) electrons. The number of ether oxygens (including phenoxy) is 1. The zero-order chi connectivity index (χ0) is 10.6. The number of hydrogen-bond acceptors (Lipinski definition) is 6. The van der Waals surface area contributed by atoms with Crippen molar-refractivity contribution in [1.29, 1.82) is 0 Å². The van der Waals surface area contributed by atoms with Gasteiger partial charge in [-0.3, -0.25) is 0 Å². The number of carbonyl (C=O) groups is 1. The van der Waals surface area contributed by atoms with E-state index in [2.05, 4.69) is 10.3 Å². The fourth-order valence-corrected chi connectivity index (χ4v) is 1.38. The van der Waals surface area contributed by atoms with E-state index in [4.69, 9.17) is 10.5 Å². The van der Waals surface area contributed by atoms with Crippen molar-refractivity contribution in [1.82, 2.24) is 5.32 Å². The summed E-state index contributed by atoms with van der Waals surface area (Å²) in [6.07, 6.45) is 3.44. The topological polar surface area (TPSA) is 76.7 Å². The van der Waals surface area contributed by atoms with E-state index in [1.54, 1.807) is 13.1 Å². The Kier molecular flexibility index (Phi) is 3.82. The Hall–Kier alpha value is -1.17. The summed E-state index contributed by atoms with van der Waals surface area (Å²) >= 11 is 1.50. The van der Waals surface area contributed by atoms with Gasteiger partial charge >= 0.3 is 5.97 Å². The molecule has 1 heterocycles. The van der Waals surface area contributed by atoms with Crippen molar-refractivity contribution >= 4 is 23.6 Å². The van der Waals surface area contributed by atoms with Gasteiger partial charge in [-0.25, -0.2) is 9.79 Å². The molecule has 1 unspecified atom stereocenters. The normalized spacial score (nSPS) is 20.6. The van der Waals surface area contributed by atoms with Crippen molar-refractivity contribution in [2.75, 3.05) is 12.9 Å². The highest BCUT2D eigenvalue weighted by molar-refractivity contribution is 7.99. The fraction of sp³-hybridized carbons (Fsp3) is 0.500. The lowest BCUT2D eigenvalue weighted by molar-refractivity contribution is -0.137. The quantitative estimate of drug-likeness (QED) is 0.650. The lowest BCUT2D eigenvalue weighted by atomic mass is 10.2. The minimum Gasteiger partial charge on any atom is -0.462 e. The van der Waals surface area contributed by atoms with Gasteiger partial charge in [0.2, 0.25) is 0 Å². The van der Waals surface area contributed by atoms with E-state index >= 15 is 0 Å². The molecule has 14 heavy (non-hydrogen) atoms. The predicted molar refractivity (Wildman–Crippen MR) is 56.8 cm³/mol. The Balaban J connectivity index is 2.69. The van der Waals surface area contributed by atoms with Gasteiger partial charge < -0.3 is 15.8 Å². The van der Waals surface area contributed by atoms with Crippen LogP contribution in [0.5, 0.6) is 0 Å². The summed E-state index contributed by atoms with van der Waals surface area (Å²) in [5.41, 5.74) is 5.78. The maximum Gasteiger partial charge on any atom is 0.343 e. The number of nitrogens with one attached hydrogen (secondary N) is 1. The van der Waals surface area contributed by atoms with Crippen LogP contribution in [-0.2, 0) is 9.53 Å². The van der Waals surface area contributed by atoms with Crippen molar-refractivity contribution in [3.05, 3.63) is 11.8 Å². The summed E-state index contributed by atoms with van der Waals surface area (Å²) in [5.74, 6) is -0.220. The monoisotopic (exact) mass is 215 g/mol. The first kappa shape index (κ1) is 10.9. The Labute approximate surface area is 86.8 Å². The van der Waals surface area contributed by atoms with Gasteiger partial charge in [0.1, 0.15) is 11.4 Å². The maximum absolute atomic E-state index is 11.3. The molecule has 0 fully saturated rings. The Bertz CT molecular complexity index is 288. The Morgan fingerprint density at radius 1 is 1.86 bits per heavy atom. The number of aliphatic imine (C=N–C) groups is 1. The minimum atomic E-state index is -0.444. The van der Waals surface area contributed by atoms with Gasteiger partial charge in [-0.05, 0) is 13.2 Å². The molecule has 0 aromatic heterocycles. The van der Waals surface area contributed by atoms with Gasteiger partial charge in [0.05, 0.1) is 6.61 Å². The van der Waals surface area contributed by atoms with Gasteiger partial charge in [-0.15, -0.1) is 11.8 Å².